The summed E-state index contributed by atoms with van der Waals surface area (Å²) in [7, 11) is 0. The maximum atomic E-state index is 12.0. The molecule has 0 aromatic carbocycles. The van der Waals surface area contributed by atoms with Crippen LogP contribution in [0.25, 0.3) is 0 Å². The normalized spacial score (nSPS) is 29.3. The van der Waals surface area contributed by atoms with E-state index >= 15 is 0 Å². The fraction of sp³-hybridized carbons (Fsp3) is 0.714. The molecule has 1 amide bonds. The summed E-state index contributed by atoms with van der Waals surface area (Å²) in [6.07, 6.45) is 5.47. The van der Waals surface area contributed by atoms with E-state index < -0.39 is 11.6 Å². The summed E-state index contributed by atoms with van der Waals surface area (Å²) in [5, 5.41) is 4.00. The lowest BCUT2D eigenvalue weighted by Crippen LogP contribution is -2.50. The zero-order chi connectivity index (χ0) is 14.3. The van der Waals surface area contributed by atoms with Gasteiger partial charge in [-0.2, -0.15) is 0 Å². The first-order valence-corrected chi connectivity index (χ1v) is 6.52. The van der Waals surface area contributed by atoms with Crippen LogP contribution in [0.1, 0.15) is 34.1 Å². The van der Waals surface area contributed by atoms with E-state index in [0.717, 1.165) is 6.42 Å². The van der Waals surface area contributed by atoms with Gasteiger partial charge in [-0.25, -0.2) is 4.79 Å². The molecule has 0 N–H and O–H groups in total. The minimum atomic E-state index is -0.461. The van der Waals surface area contributed by atoms with Crippen LogP contribution in [0.3, 0.4) is 0 Å². The lowest BCUT2D eigenvalue weighted by molar-refractivity contribution is -0.0713. The number of hydrogen-bond acceptors (Lipinski definition) is 4. The van der Waals surface area contributed by atoms with E-state index in [1.54, 1.807) is 11.8 Å². The Labute approximate surface area is 113 Å². The second-order valence-corrected chi connectivity index (χ2v) is 5.91. The molecule has 0 saturated carbocycles. The van der Waals surface area contributed by atoms with Crippen molar-refractivity contribution in [1.82, 2.24) is 4.90 Å². The highest BCUT2D eigenvalue weighted by molar-refractivity contribution is 6.06. The van der Waals surface area contributed by atoms with E-state index in [-0.39, 0.29) is 11.5 Å². The molecular weight excluding hydrogens is 244 g/mol. The van der Waals surface area contributed by atoms with Gasteiger partial charge in [0.25, 0.3) is 0 Å². The van der Waals surface area contributed by atoms with Crippen molar-refractivity contribution in [3.05, 3.63) is 0 Å². The largest absolute Gasteiger partial charge is 0.450 e. The van der Waals surface area contributed by atoms with Gasteiger partial charge in [-0.15, -0.1) is 6.42 Å². The molecule has 19 heavy (non-hydrogen) atoms. The van der Waals surface area contributed by atoms with Gasteiger partial charge in [0.1, 0.15) is 5.71 Å². The fourth-order valence-electron chi connectivity index (χ4n) is 3.02. The molecule has 0 bridgehead atoms. The first-order valence-electron chi connectivity index (χ1n) is 6.52. The Bertz CT molecular complexity index is 458. The number of nitrogens with zero attached hydrogens (tertiary/aromatic N) is 2. The molecule has 2 aliphatic heterocycles. The molecule has 5 nitrogen and oxygen atoms in total. The Balaban J connectivity index is 2.36. The molecule has 2 atom stereocenters. The lowest BCUT2D eigenvalue weighted by Gasteiger charge is -2.39. The van der Waals surface area contributed by atoms with Gasteiger partial charge in [-0.3, -0.25) is 4.90 Å². The van der Waals surface area contributed by atoms with Crippen molar-refractivity contribution in [3.63, 3.8) is 0 Å². The van der Waals surface area contributed by atoms with Crippen molar-refractivity contribution >= 4 is 11.8 Å². The second kappa shape index (κ2) is 4.44. The molecule has 0 aromatic heterocycles. The standard InChI is InChI=1S/C14H20N2O3/c1-6-10-14(13(3,4)5)8-9-16(11(14)19-15-10)12(17)18-7-2/h1,11H,7-9H2,2-5H3. The zero-order valence-electron chi connectivity index (χ0n) is 11.9. The van der Waals surface area contributed by atoms with Crippen molar-refractivity contribution in [2.75, 3.05) is 13.2 Å². The summed E-state index contributed by atoms with van der Waals surface area (Å²) >= 11 is 0. The van der Waals surface area contributed by atoms with Gasteiger partial charge in [-0.05, 0) is 18.8 Å². The smallest absolute Gasteiger partial charge is 0.412 e. The molecule has 0 radical (unpaired) electrons. The molecule has 0 aromatic rings. The van der Waals surface area contributed by atoms with Gasteiger partial charge >= 0.3 is 6.09 Å². The average Bonchev–Trinajstić information content (AvgIpc) is 2.84. The molecule has 1 saturated heterocycles. The van der Waals surface area contributed by atoms with E-state index in [0.29, 0.717) is 18.9 Å². The fourth-order valence-corrected chi connectivity index (χ4v) is 3.02. The van der Waals surface area contributed by atoms with Gasteiger partial charge in [0.2, 0.25) is 6.23 Å². The van der Waals surface area contributed by atoms with Crippen LogP contribution in [0.2, 0.25) is 0 Å². The number of carbonyl (C=O) groups excluding carboxylic acids is 1. The SMILES string of the molecule is C#CC1=NOC2N(C(=O)OCC)CCC12C(C)(C)C. The maximum absolute atomic E-state index is 12.0. The van der Waals surface area contributed by atoms with Crippen molar-refractivity contribution < 1.29 is 14.4 Å². The van der Waals surface area contributed by atoms with Crippen LogP contribution in [0.15, 0.2) is 5.16 Å². The van der Waals surface area contributed by atoms with E-state index in [2.05, 4.69) is 31.8 Å². The van der Waals surface area contributed by atoms with Crippen LogP contribution in [0, 0.1) is 23.2 Å². The number of amides is 1. The first-order chi connectivity index (χ1) is 8.88. The average molecular weight is 264 g/mol. The summed E-state index contributed by atoms with van der Waals surface area (Å²) in [5.41, 5.74) is 0.0200. The van der Waals surface area contributed by atoms with E-state index in [1.807, 2.05) is 0 Å². The molecule has 2 heterocycles. The second-order valence-electron chi connectivity index (χ2n) is 5.91. The van der Waals surface area contributed by atoms with Crippen molar-refractivity contribution in [2.45, 2.75) is 40.3 Å². The van der Waals surface area contributed by atoms with Gasteiger partial charge < -0.3 is 9.57 Å². The Kier molecular flexibility index (Phi) is 3.21. The third kappa shape index (κ3) is 1.78. The van der Waals surface area contributed by atoms with Crippen LogP contribution >= 0.6 is 0 Å². The summed E-state index contributed by atoms with van der Waals surface area (Å²) in [6, 6.07) is 0. The third-order valence-corrected chi connectivity index (χ3v) is 4.10. The highest BCUT2D eigenvalue weighted by atomic mass is 16.7. The van der Waals surface area contributed by atoms with Gasteiger partial charge in [0.05, 0.1) is 12.0 Å². The Hall–Kier alpha value is -1.70. The van der Waals surface area contributed by atoms with Crippen LogP contribution < -0.4 is 0 Å². The van der Waals surface area contributed by atoms with Gasteiger partial charge in [0, 0.05) is 6.54 Å². The number of terminal acetylenes is 1. The summed E-state index contributed by atoms with van der Waals surface area (Å²) in [5.74, 6) is 2.62. The molecular formula is C14H20N2O3. The van der Waals surface area contributed by atoms with E-state index in [4.69, 9.17) is 16.0 Å². The highest BCUT2D eigenvalue weighted by Gasteiger charge is 2.63. The number of hydrogen-bond donors (Lipinski definition) is 0. The summed E-state index contributed by atoms with van der Waals surface area (Å²) in [4.78, 5) is 19.0. The molecule has 2 aliphatic rings. The maximum Gasteiger partial charge on any atom is 0.412 e. The summed E-state index contributed by atoms with van der Waals surface area (Å²) in [6.45, 7) is 8.97. The number of oxime groups is 1. The van der Waals surface area contributed by atoms with Crippen LogP contribution in [-0.4, -0.2) is 36.1 Å². The van der Waals surface area contributed by atoms with Crippen LogP contribution in [-0.2, 0) is 9.57 Å². The minimum Gasteiger partial charge on any atom is -0.450 e. The predicted octanol–water partition coefficient (Wildman–Crippen LogP) is 2.23. The van der Waals surface area contributed by atoms with Crippen LogP contribution in [0.4, 0.5) is 4.79 Å². The lowest BCUT2D eigenvalue weighted by atomic mass is 9.62. The Morgan fingerprint density at radius 3 is 2.89 bits per heavy atom. The van der Waals surface area contributed by atoms with E-state index in [9.17, 15) is 4.79 Å². The number of carbonyl (C=O) groups is 1. The van der Waals surface area contributed by atoms with Crippen LogP contribution in [0.5, 0.6) is 0 Å². The van der Waals surface area contributed by atoms with Crippen molar-refractivity contribution in [1.29, 1.82) is 0 Å². The first kappa shape index (κ1) is 13.7. The predicted molar refractivity (Wildman–Crippen MR) is 71.4 cm³/mol. The Morgan fingerprint density at radius 1 is 1.68 bits per heavy atom. The molecule has 104 valence electrons. The molecule has 2 rings (SSSR count). The van der Waals surface area contributed by atoms with E-state index in [1.165, 1.54) is 0 Å². The molecule has 1 fully saturated rings. The molecule has 2 unspecified atom stereocenters. The van der Waals surface area contributed by atoms with Gasteiger partial charge in [0.15, 0.2) is 0 Å². The topological polar surface area (TPSA) is 51.1 Å². The number of rotatable bonds is 1. The number of fused-ring (bicyclic) bond motifs is 1. The minimum absolute atomic E-state index is 0.152. The summed E-state index contributed by atoms with van der Waals surface area (Å²) < 4.78 is 5.06. The monoisotopic (exact) mass is 264 g/mol. The molecule has 0 spiro atoms. The third-order valence-electron chi connectivity index (χ3n) is 4.10. The Morgan fingerprint density at radius 2 is 2.37 bits per heavy atom. The number of ether oxygens (including phenoxy) is 1. The highest BCUT2D eigenvalue weighted by Crippen LogP contribution is 2.54. The molecule has 5 heteroatoms. The quantitative estimate of drug-likeness (QED) is 0.682. The van der Waals surface area contributed by atoms with Gasteiger partial charge in [-0.1, -0.05) is 31.8 Å². The van der Waals surface area contributed by atoms with Crippen molar-refractivity contribution in [2.24, 2.45) is 16.0 Å². The zero-order valence-corrected chi connectivity index (χ0v) is 11.9. The molecule has 0 aliphatic carbocycles. The number of likely N-dealkylation sites (tertiary alicyclic amines) is 1. The van der Waals surface area contributed by atoms with Crippen molar-refractivity contribution in [3.8, 4) is 12.3 Å².